The molecule has 3 rings (SSSR count). The smallest absolute Gasteiger partial charge is 0.387 e. The van der Waals surface area contributed by atoms with Crippen LogP contribution < -0.4 is 9.64 Å². The first-order chi connectivity index (χ1) is 15.1. The summed E-state index contributed by atoms with van der Waals surface area (Å²) in [6.07, 6.45) is 0.264. The number of hydrogen-bond acceptors (Lipinski definition) is 6. The molecule has 0 aliphatic carbocycles. The number of rotatable bonds is 8. The highest BCUT2D eigenvalue weighted by molar-refractivity contribution is 7.09. The average Bonchev–Trinajstić information content (AvgIpc) is 3.35. The fourth-order valence-electron chi connectivity index (χ4n) is 3.60. The van der Waals surface area contributed by atoms with Crippen LogP contribution in [0.1, 0.15) is 68.8 Å². The van der Waals surface area contributed by atoms with Gasteiger partial charge < -0.3 is 9.64 Å². The number of likely N-dealkylation sites (N-methyl/N-ethyl adjacent to an activating group) is 1. The number of ether oxygens (including phenoxy) is 1. The quantitative estimate of drug-likeness (QED) is 0.578. The van der Waals surface area contributed by atoms with Gasteiger partial charge in [0.15, 0.2) is 0 Å². The number of aromatic nitrogens is 2. The maximum Gasteiger partial charge on any atom is 0.387 e. The minimum atomic E-state index is -2.89. The molecule has 0 saturated carbocycles. The van der Waals surface area contributed by atoms with Gasteiger partial charge in [-0.15, -0.1) is 0 Å². The van der Waals surface area contributed by atoms with E-state index in [1.807, 2.05) is 33.8 Å². The lowest BCUT2D eigenvalue weighted by molar-refractivity contribution is -0.132. The molecule has 0 bridgehead atoms. The van der Waals surface area contributed by atoms with Gasteiger partial charge in [0, 0.05) is 43.4 Å². The van der Waals surface area contributed by atoms with E-state index in [9.17, 15) is 18.4 Å². The number of nitrogens with zero attached hydrogens (tertiary/aromatic N) is 4. The molecule has 2 heterocycles. The van der Waals surface area contributed by atoms with Crippen molar-refractivity contribution < 1.29 is 23.1 Å². The van der Waals surface area contributed by atoms with E-state index in [4.69, 9.17) is 0 Å². The van der Waals surface area contributed by atoms with Crippen molar-refractivity contribution in [2.45, 2.75) is 58.5 Å². The van der Waals surface area contributed by atoms with Gasteiger partial charge in [-0.05, 0) is 23.1 Å². The molecule has 0 unspecified atom stereocenters. The van der Waals surface area contributed by atoms with Gasteiger partial charge in [0.1, 0.15) is 18.1 Å². The Labute approximate surface area is 190 Å². The standard InChI is InChI=1S/C22H28F2N4O3S/c1-12(2)16-8-14(6-7-17(16)31-21(23)24)15-9-18(29)28(10-15)11-19(30)27(5)22-25-20(13(3)4)26-32-22/h6-8,12-13,15,21H,9-11H2,1-5H3/t15-/m1/s1. The van der Waals surface area contributed by atoms with E-state index in [-0.39, 0.29) is 48.3 Å². The maximum atomic E-state index is 12.7. The predicted molar refractivity (Wildman–Crippen MR) is 119 cm³/mol. The molecule has 0 N–H and O–H groups in total. The van der Waals surface area contributed by atoms with E-state index < -0.39 is 6.61 Å². The Balaban J connectivity index is 1.69. The van der Waals surface area contributed by atoms with Crippen LogP contribution in [-0.2, 0) is 9.59 Å². The third-order valence-corrected chi connectivity index (χ3v) is 6.30. The van der Waals surface area contributed by atoms with Crippen LogP contribution in [0.15, 0.2) is 18.2 Å². The summed E-state index contributed by atoms with van der Waals surface area (Å²) in [5, 5.41) is 0.498. The van der Waals surface area contributed by atoms with E-state index in [0.717, 1.165) is 17.1 Å². The molecule has 1 atom stereocenters. The molecule has 32 heavy (non-hydrogen) atoms. The van der Waals surface area contributed by atoms with Crippen LogP contribution in [0.3, 0.4) is 0 Å². The number of likely N-dealkylation sites (tertiary alicyclic amines) is 1. The Bertz CT molecular complexity index is 980. The van der Waals surface area contributed by atoms with Crippen LogP contribution >= 0.6 is 11.5 Å². The van der Waals surface area contributed by atoms with E-state index in [1.165, 1.54) is 15.9 Å². The lowest BCUT2D eigenvalue weighted by Gasteiger charge is -2.20. The van der Waals surface area contributed by atoms with Gasteiger partial charge in [0.2, 0.25) is 16.9 Å². The largest absolute Gasteiger partial charge is 0.435 e. The van der Waals surface area contributed by atoms with Crippen molar-refractivity contribution in [3.8, 4) is 5.75 Å². The summed E-state index contributed by atoms with van der Waals surface area (Å²) in [5.41, 5.74) is 1.54. The number of carbonyl (C=O) groups is 2. The number of carbonyl (C=O) groups excluding carboxylic acids is 2. The first-order valence-corrected chi connectivity index (χ1v) is 11.3. The second kappa shape index (κ2) is 9.89. The van der Waals surface area contributed by atoms with Crippen molar-refractivity contribution in [3.05, 3.63) is 35.2 Å². The molecule has 1 aromatic heterocycles. The van der Waals surface area contributed by atoms with E-state index in [2.05, 4.69) is 14.1 Å². The molecule has 1 aliphatic heterocycles. The molecule has 7 nitrogen and oxygen atoms in total. The first-order valence-electron chi connectivity index (χ1n) is 10.5. The maximum absolute atomic E-state index is 12.7. The summed E-state index contributed by atoms with van der Waals surface area (Å²) in [6, 6.07) is 5.07. The number of anilines is 1. The highest BCUT2D eigenvalue weighted by atomic mass is 32.1. The van der Waals surface area contributed by atoms with Gasteiger partial charge in [-0.3, -0.25) is 14.5 Å². The van der Waals surface area contributed by atoms with Gasteiger partial charge in [0.25, 0.3) is 0 Å². The van der Waals surface area contributed by atoms with Crippen LogP contribution in [-0.4, -0.2) is 52.8 Å². The molecular formula is C22H28F2N4O3S. The van der Waals surface area contributed by atoms with E-state index in [1.54, 1.807) is 13.1 Å². The van der Waals surface area contributed by atoms with Gasteiger partial charge in [0.05, 0.1) is 0 Å². The Morgan fingerprint density at radius 3 is 2.59 bits per heavy atom. The van der Waals surface area contributed by atoms with Crippen molar-refractivity contribution in [3.63, 3.8) is 0 Å². The molecule has 174 valence electrons. The Hall–Kier alpha value is -2.62. The monoisotopic (exact) mass is 466 g/mol. The lowest BCUT2D eigenvalue weighted by Crippen LogP contribution is -2.39. The highest BCUT2D eigenvalue weighted by Gasteiger charge is 2.33. The minimum Gasteiger partial charge on any atom is -0.435 e. The summed E-state index contributed by atoms with van der Waals surface area (Å²) >= 11 is 1.16. The second-order valence-corrected chi connectivity index (χ2v) is 9.28. The molecule has 1 fully saturated rings. The summed E-state index contributed by atoms with van der Waals surface area (Å²) in [6.45, 7) is 5.20. The number of hydrogen-bond donors (Lipinski definition) is 0. The average molecular weight is 467 g/mol. The minimum absolute atomic E-state index is 0.0187. The molecule has 2 amide bonds. The van der Waals surface area contributed by atoms with Crippen molar-refractivity contribution >= 4 is 28.5 Å². The third kappa shape index (κ3) is 5.40. The fourth-order valence-corrected chi connectivity index (χ4v) is 4.38. The molecule has 1 aliphatic rings. The first kappa shape index (κ1) is 24.0. The van der Waals surface area contributed by atoms with Crippen LogP contribution in [0.5, 0.6) is 5.75 Å². The number of amides is 2. The molecule has 2 aromatic rings. The van der Waals surface area contributed by atoms with Crippen molar-refractivity contribution in [2.24, 2.45) is 0 Å². The topological polar surface area (TPSA) is 75.6 Å². The van der Waals surface area contributed by atoms with Gasteiger partial charge in [-0.25, -0.2) is 4.98 Å². The van der Waals surface area contributed by atoms with Crippen molar-refractivity contribution in [2.75, 3.05) is 25.0 Å². The summed E-state index contributed by atoms with van der Waals surface area (Å²) in [4.78, 5) is 32.7. The Morgan fingerprint density at radius 1 is 1.28 bits per heavy atom. The fraction of sp³-hybridized carbons (Fsp3) is 0.545. The van der Waals surface area contributed by atoms with E-state index in [0.29, 0.717) is 23.1 Å². The molecular weight excluding hydrogens is 438 g/mol. The molecule has 1 aromatic carbocycles. The summed E-state index contributed by atoms with van der Waals surface area (Å²) in [7, 11) is 1.63. The van der Waals surface area contributed by atoms with Crippen LogP contribution in [0.25, 0.3) is 0 Å². The highest BCUT2D eigenvalue weighted by Crippen LogP contribution is 2.35. The van der Waals surface area contributed by atoms with E-state index >= 15 is 0 Å². The predicted octanol–water partition coefficient (Wildman–Crippen LogP) is 4.37. The zero-order valence-electron chi connectivity index (χ0n) is 18.8. The Kier molecular flexibility index (Phi) is 7.43. The molecule has 1 saturated heterocycles. The van der Waals surface area contributed by atoms with Gasteiger partial charge in [-0.1, -0.05) is 39.8 Å². The summed E-state index contributed by atoms with van der Waals surface area (Å²) < 4.78 is 34.3. The number of alkyl halides is 2. The van der Waals surface area contributed by atoms with Crippen LogP contribution in [0, 0.1) is 0 Å². The van der Waals surface area contributed by atoms with Gasteiger partial charge >= 0.3 is 6.61 Å². The SMILES string of the molecule is CC(C)c1nsc(N(C)C(=O)CN2C[C@H](c3ccc(OC(F)F)c(C(C)C)c3)CC2=O)n1. The molecule has 10 heteroatoms. The molecule has 0 spiro atoms. The Morgan fingerprint density at radius 2 is 2.00 bits per heavy atom. The van der Waals surface area contributed by atoms with Crippen molar-refractivity contribution in [1.82, 2.24) is 14.3 Å². The van der Waals surface area contributed by atoms with Gasteiger partial charge in [-0.2, -0.15) is 13.2 Å². The molecule has 0 radical (unpaired) electrons. The lowest BCUT2D eigenvalue weighted by atomic mass is 9.92. The third-order valence-electron chi connectivity index (χ3n) is 5.49. The second-order valence-electron chi connectivity index (χ2n) is 8.55. The van der Waals surface area contributed by atoms with Crippen LogP contribution in [0.4, 0.5) is 13.9 Å². The van der Waals surface area contributed by atoms with Crippen LogP contribution in [0.2, 0.25) is 0 Å². The number of benzene rings is 1. The zero-order chi connectivity index (χ0) is 23.6. The number of halogens is 2. The zero-order valence-corrected chi connectivity index (χ0v) is 19.7. The van der Waals surface area contributed by atoms with Crippen molar-refractivity contribution in [1.29, 1.82) is 0 Å². The summed E-state index contributed by atoms with van der Waals surface area (Å²) in [5.74, 6) is 0.502. The normalized spacial score (nSPS) is 16.5.